The van der Waals surface area contributed by atoms with Crippen LogP contribution in [0.4, 0.5) is 5.69 Å². The van der Waals surface area contributed by atoms with E-state index in [-0.39, 0.29) is 0 Å². The molecule has 6 heteroatoms. The van der Waals surface area contributed by atoms with Crippen LogP contribution in [0.15, 0.2) is 23.4 Å². The summed E-state index contributed by atoms with van der Waals surface area (Å²) in [5.74, 6) is -0.0108. The summed E-state index contributed by atoms with van der Waals surface area (Å²) in [6, 6.07) is 4.82. The van der Waals surface area contributed by atoms with Crippen molar-refractivity contribution in [3.05, 3.63) is 23.2 Å². The molecule has 0 heterocycles. The largest absolute Gasteiger partial charge is 0.497 e. The van der Waals surface area contributed by atoms with E-state index in [0.29, 0.717) is 16.5 Å². The molecule has 1 rings (SSSR count). The molecule has 80 valence electrons. The van der Waals surface area contributed by atoms with Crippen LogP contribution >= 0.6 is 11.6 Å². The van der Waals surface area contributed by atoms with Gasteiger partial charge in [0.25, 0.3) is 5.91 Å². The number of halogens is 1. The molecule has 0 aromatic heterocycles. The molecule has 0 bridgehead atoms. The van der Waals surface area contributed by atoms with Crippen molar-refractivity contribution in [1.82, 2.24) is 0 Å². The third kappa shape index (κ3) is 3.14. The van der Waals surface area contributed by atoms with Gasteiger partial charge in [0.2, 0.25) is 0 Å². The first-order valence-electron chi connectivity index (χ1n) is 3.99. The van der Waals surface area contributed by atoms with Gasteiger partial charge in [-0.3, -0.25) is 4.79 Å². The number of rotatable bonds is 3. The molecule has 1 aromatic rings. The highest BCUT2D eigenvalue weighted by atomic mass is 35.5. The van der Waals surface area contributed by atoms with Gasteiger partial charge in [-0.15, -0.1) is 0 Å². The molecule has 0 atom stereocenters. The standard InChI is InChI=1S/C9H9ClN2O3/c1-15-6-2-3-7(10)8(4-6)12-9(13)5-11-14/h2-5,14H,1H3,(H,12,13)/b11-5-. The van der Waals surface area contributed by atoms with E-state index in [1.165, 1.54) is 7.11 Å². The third-order valence-electron chi connectivity index (χ3n) is 1.61. The van der Waals surface area contributed by atoms with Crippen LogP contribution < -0.4 is 10.1 Å². The van der Waals surface area contributed by atoms with Crippen molar-refractivity contribution in [2.24, 2.45) is 5.16 Å². The first kappa shape index (κ1) is 11.3. The summed E-state index contributed by atoms with van der Waals surface area (Å²) in [7, 11) is 1.50. The Kier molecular flexibility index (Phi) is 3.93. The van der Waals surface area contributed by atoms with Gasteiger partial charge in [0.15, 0.2) is 0 Å². The Balaban J connectivity index is 2.88. The Morgan fingerprint density at radius 3 is 3.00 bits per heavy atom. The first-order valence-corrected chi connectivity index (χ1v) is 4.37. The van der Waals surface area contributed by atoms with Crippen molar-refractivity contribution in [3.63, 3.8) is 0 Å². The number of ether oxygens (including phenoxy) is 1. The maximum Gasteiger partial charge on any atom is 0.270 e. The molecule has 0 aliphatic rings. The number of hydrogen-bond acceptors (Lipinski definition) is 4. The smallest absolute Gasteiger partial charge is 0.270 e. The zero-order valence-electron chi connectivity index (χ0n) is 7.90. The Labute approximate surface area is 91.3 Å². The molecule has 0 aliphatic heterocycles. The van der Waals surface area contributed by atoms with E-state index in [4.69, 9.17) is 21.5 Å². The molecule has 1 aromatic carbocycles. The number of nitrogens with one attached hydrogen (secondary N) is 1. The number of carbonyl (C=O) groups excluding carboxylic acids is 1. The number of anilines is 1. The second-order valence-electron chi connectivity index (χ2n) is 2.58. The average Bonchev–Trinajstić information content (AvgIpc) is 2.21. The van der Waals surface area contributed by atoms with Crippen molar-refractivity contribution < 1.29 is 14.7 Å². The van der Waals surface area contributed by atoms with Crippen molar-refractivity contribution in [3.8, 4) is 5.75 Å². The molecule has 0 radical (unpaired) electrons. The monoisotopic (exact) mass is 228 g/mol. The molecule has 5 nitrogen and oxygen atoms in total. The van der Waals surface area contributed by atoms with Gasteiger partial charge in [-0.1, -0.05) is 16.8 Å². The van der Waals surface area contributed by atoms with Crippen LogP contribution in [0.1, 0.15) is 0 Å². The lowest BCUT2D eigenvalue weighted by Crippen LogP contribution is -2.12. The molecule has 0 aliphatic carbocycles. The summed E-state index contributed by atoms with van der Waals surface area (Å²) in [5.41, 5.74) is 0.390. The minimum absolute atomic E-state index is 0.371. The normalized spacial score (nSPS) is 10.3. The van der Waals surface area contributed by atoms with E-state index < -0.39 is 5.91 Å². The molecule has 0 unspecified atom stereocenters. The van der Waals surface area contributed by atoms with E-state index in [1.807, 2.05) is 0 Å². The maximum atomic E-state index is 11.0. The van der Waals surface area contributed by atoms with Crippen LogP contribution in [0.2, 0.25) is 5.02 Å². The molecular weight excluding hydrogens is 220 g/mol. The zero-order chi connectivity index (χ0) is 11.3. The fourth-order valence-electron chi connectivity index (χ4n) is 0.945. The summed E-state index contributed by atoms with van der Waals surface area (Å²) >= 11 is 5.82. The van der Waals surface area contributed by atoms with Crippen LogP contribution in [0, 0.1) is 0 Å². The average molecular weight is 229 g/mol. The lowest BCUT2D eigenvalue weighted by molar-refractivity contribution is -0.110. The number of oxime groups is 1. The Morgan fingerprint density at radius 1 is 1.67 bits per heavy atom. The predicted octanol–water partition coefficient (Wildman–Crippen LogP) is 1.75. The van der Waals surface area contributed by atoms with Crippen molar-refractivity contribution in [1.29, 1.82) is 0 Å². The van der Waals surface area contributed by atoms with E-state index in [9.17, 15) is 4.79 Å². The molecule has 15 heavy (non-hydrogen) atoms. The molecule has 2 N–H and O–H groups in total. The molecule has 0 fully saturated rings. The van der Waals surface area contributed by atoms with E-state index in [2.05, 4.69) is 10.5 Å². The molecule has 0 saturated heterocycles. The lowest BCUT2D eigenvalue weighted by atomic mass is 10.3. The van der Waals surface area contributed by atoms with Gasteiger partial charge in [-0.25, -0.2) is 0 Å². The highest BCUT2D eigenvalue weighted by Crippen LogP contribution is 2.26. The molecule has 0 spiro atoms. The summed E-state index contributed by atoms with van der Waals surface area (Å²) < 4.78 is 4.96. The minimum Gasteiger partial charge on any atom is -0.497 e. The van der Waals surface area contributed by atoms with Gasteiger partial charge in [0, 0.05) is 6.07 Å². The number of amides is 1. The van der Waals surface area contributed by atoms with Crippen molar-refractivity contribution in [2.75, 3.05) is 12.4 Å². The lowest BCUT2D eigenvalue weighted by Gasteiger charge is -2.06. The van der Waals surface area contributed by atoms with Gasteiger partial charge in [-0.05, 0) is 12.1 Å². The quantitative estimate of drug-likeness (QED) is 0.470. The van der Waals surface area contributed by atoms with Crippen LogP contribution in [-0.2, 0) is 4.79 Å². The first-order chi connectivity index (χ1) is 7.17. The van der Waals surface area contributed by atoms with E-state index >= 15 is 0 Å². The fourth-order valence-corrected chi connectivity index (χ4v) is 1.11. The van der Waals surface area contributed by atoms with Crippen LogP contribution in [0.3, 0.4) is 0 Å². The Hall–Kier alpha value is -1.75. The maximum absolute atomic E-state index is 11.0. The summed E-state index contributed by atoms with van der Waals surface area (Å²) in [5, 5.41) is 13.5. The van der Waals surface area contributed by atoms with Crippen molar-refractivity contribution >= 4 is 29.4 Å². The number of nitrogens with zero attached hydrogens (tertiary/aromatic N) is 1. The number of methoxy groups -OCH3 is 1. The minimum atomic E-state index is -0.576. The summed E-state index contributed by atoms with van der Waals surface area (Å²) in [6.45, 7) is 0. The SMILES string of the molecule is COc1ccc(Cl)c(NC(=O)/C=N\O)c1. The summed E-state index contributed by atoms with van der Waals surface area (Å²) in [6.07, 6.45) is 0.732. The topological polar surface area (TPSA) is 70.9 Å². The highest BCUT2D eigenvalue weighted by Gasteiger charge is 2.05. The zero-order valence-corrected chi connectivity index (χ0v) is 8.65. The Bertz CT molecular complexity index is 393. The fraction of sp³-hybridized carbons (Fsp3) is 0.111. The second kappa shape index (κ2) is 5.21. The van der Waals surface area contributed by atoms with Gasteiger partial charge >= 0.3 is 0 Å². The van der Waals surface area contributed by atoms with Gasteiger partial charge in [-0.2, -0.15) is 0 Å². The third-order valence-corrected chi connectivity index (χ3v) is 1.94. The summed E-state index contributed by atoms with van der Waals surface area (Å²) in [4.78, 5) is 11.0. The number of carbonyl (C=O) groups is 1. The van der Waals surface area contributed by atoms with Crippen LogP contribution in [-0.4, -0.2) is 24.4 Å². The second-order valence-corrected chi connectivity index (χ2v) is 2.99. The molecular formula is C9H9ClN2O3. The van der Waals surface area contributed by atoms with Gasteiger partial charge in [0.05, 0.1) is 17.8 Å². The van der Waals surface area contributed by atoms with Crippen LogP contribution in [0.5, 0.6) is 5.75 Å². The Morgan fingerprint density at radius 2 is 2.40 bits per heavy atom. The van der Waals surface area contributed by atoms with Crippen molar-refractivity contribution in [2.45, 2.75) is 0 Å². The number of hydrogen-bond donors (Lipinski definition) is 2. The van der Waals surface area contributed by atoms with Gasteiger partial charge in [0.1, 0.15) is 12.0 Å². The van der Waals surface area contributed by atoms with E-state index in [1.54, 1.807) is 18.2 Å². The van der Waals surface area contributed by atoms with Crippen LogP contribution in [0.25, 0.3) is 0 Å². The number of benzene rings is 1. The molecule has 1 amide bonds. The molecule has 0 saturated carbocycles. The van der Waals surface area contributed by atoms with Gasteiger partial charge < -0.3 is 15.3 Å². The highest BCUT2D eigenvalue weighted by molar-refractivity contribution is 6.36. The predicted molar refractivity (Wildman–Crippen MR) is 56.9 cm³/mol. The van der Waals surface area contributed by atoms with E-state index in [0.717, 1.165) is 6.21 Å².